The van der Waals surface area contributed by atoms with Gasteiger partial charge >= 0.3 is 5.97 Å². The predicted octanol–water partition coefficient (Wildman–Crippen LogP) is 0.261. The molecule has 0 aliphatic carbocycles. The summed E-state index contributed by atoms with van der Waals surface area (Å²) in [5.74, 6) is -3.11. The topological polar surface area (TPSA) is 94.5 Å². The van der Waals surface area contributed by atoms with Crippen LogP contribution in [-0.2, 0) is 20.7 Å². The van der Waals surface area contributed by atoms with Gasteiger partial charge < -0.3 is 9.66 Å². The van der Waals surface area contributed by atoms with E-state index in [4.69, 9.17) is 5.11 Å². The summed E-state index contributed by atoms with van der Waals surface area (Å²) in [5, 5.41) is 6.80. The van der Waals surface area contributed by atoms with Crippen LogP contribution in [0.25, 0.3) is 0 Å². The van der Waals surface area contributed by atoms with E-state index in [-0.39, 0.29) is 5.56 Å². The molecule has 80 valence electrons. The van der Waals surface area contributed by atoms with E-state index < -0.39 is 28.1 Å². The van der Waals surface area contributed by atoms with Crippen LogP contribution in [0.3, 0.4) is 0 Å². The van der Waals surface area contributed by atoms with E-state index in [1.165, 1.54) is 24.3 Å². The summed E-state index contributed by atoms with van der Waals surface area (Å²) in [6.07, 6.45) is 0. The molecule has 15 heavy (non-hydrogen) atoms. The summed E-state index contributed by atoms with van der Waals surface area (Å²) in [6.45, 7) is 0. The Bertz CT molecular complexity index is 400. The fourth-order valence-electron chi connectivity index (χ4n) is 1.09. The van der Waals surface area contributed by atoms with Gasteiger partial charge in [-0.2, -0.15) is 0 Å². The first-order chi connectivity index (χ1) is 7.04. The molecule has 0 aromatic heterocycles. The van der Waals surface area contributed by atoms with Crippen molar-refractivity contribution in [2.75, 3.05) is 0 Å². The zero-order valence-corrected chi connectivity index (χ0v) is 8.27. The lowest BCUT2D eigenvalue weighted by molar-refractivity contribution is -0.149. The van der Waals surface area contributed by atoms with Gasteiger partial charge in [0.1, 0.15) is 5.25 Å². The first kappa shape index (κ1) is 11.5. The first-order valence-electron chi connectivity index (χ1n) is 3.94. The molecule has 1 N–H and O–H groups in total. The molecule has 2 unspecified atom stereocenters. The number of hydrogen-bond acceptors (Lipinski definition) is 4. The van der Waals surface area contributed by atoms with Crippen LogP contribution in [0.4, 0.5) is 0 Å². The van der Waals surface area contributed by atoms with Gasteiger partial charge in [0, 0.05) is 0 Å². The van der Waals surface area contributed by atoms with Crippen LogP contribution in [0.1, 0.15) is 10.8 Å². The minimum Gasteiger partial charge on any atom is -0.772 e. The fourth-order valence-corrected chi connectivity index (χ4v) is 1.74. The Kier molecular flexibility index (Phi) is 3.70. The molecule has 0 fully saturated rings. The van der Waals surface area contributed by atoms with Crippen LogP contribution in [0.2, 0.25) is 0 Å². The zero-order chi connectivity index (χ0) is 11.4. The SMILES string of the molecule is O=C(O)C(=O)C(c1ccccc1)S(=O)[O-]. The zero-order valence-electron chi connectivity index (χ0n) is 7.45. The Hall–Kier alpha value is -1.53. The number of Topliss-reactive ketones (excluding diaryl/α,β-unsaturated/α-hetero) is 1. The lowest BCUT2D eigenvalue weighted by Crippen LogP contribution is -2.24. The minimum absolute atomic E-state index is 0.151. The molecule has 0 amide bonds. The van der Waals surface area contributed by atoms with Crippen molar-refractivity contribution in [2.24, 2.45) is 0 Å². The molecule has 0 heterocycles. The van der Waals surface area contributed by atoms with Crippen molar-refractivity contribution in [3.05, 3.63) is 35.9 Å². The van der Waals surface area contributed by atoms with Crippen molar-refractivity contribution in [3.8, 4) is 0 Å². The third-order valence-corrected chi connectivity index (χ3v) is 2.61. The number of benzene rings is 1. The molecule has 5 nitrogen and oxygen atoms in total. The molecular formula is C9H7O5S-. The number of rotatable bonds is 4. The first-order valence-corrected chi connectivity index (χ1v) is 5.08. The van der Waals surface area contributed by atoms with Crippen LogP contribution in [0.5, 0.6) is 0 Å². The molecule has 0 saturated carbocycles. The molecule has 1 aromatic carbocycles. The van der Waals surface area contributed by atoms with Crippen LogP contribution in [-0.4, -0.2) is 25.6 Å². The molecule has 6 heteroatoms. The van der Waals surface area contributed by atoms with E-state index in [0.29, 0.717) is 0 Å². The summed E-state index contributed by atoms with van der Waals surface area (Å²) in [4.78, 5) is 21.5. The molecule has 0 spiro atoms. The highest BCUT2D eigenvalue weighted by Crippen LogP contribution is 2.19. The molecule has 0 bridgehead atoms. The van der Waals surface area contributed by atoms with Crippen molar-refractivity contribution in [1.82, 2.24) is 0 Å². The van der Waals surface area contributed by atoms with Crippen LogP contribution >= 0.6 is 0 Å². The number of aliphatic carboxylic acids is 1. The van der Waals surface area contributed by atoms with Gasteiger partial charge in [0.25, 0.3) is 5.78 Å². The maximum Gasteiger partial charge on any atom is 0.373 e. The normalized spacial score (nSPS) is 14.2. The van der Waals surface area contributed by atoms with E-state index in [9.17, 15) is 18.4 Å². The van der Waals surface area contributed by atoms with Crippen molar-refractivity contribution in [2.45, 2.75) is 5.25 Å². The van der Waals surface area contributed by atoms with Gasteiger partial charge in [-0.1, -0.05) is 30.3 Å². The average molecular weight is 227 g/mol. The Balaban J connectivity index is 3.10. The summed E-state index contributed by atoms with van der Waals surface area (Å²) in [7, 11) is 0. The second-order valence-electron chi connectivity index (χ2n) is 2.72. The van der Waals surface area contributed by atoms with E-state index in [2.05, 4.69) is 0 Å². The van der Waals surface area contributed by atoms with Gasteiger partial charge in [0.2, 0.25) is 0 Å². The number of carboxylic acid groups (broad SMARTS) is 1. The molecule has 1 aromatic rings. The van der Waals surface area contributed by atoms with Crippen LogP contribution in [0, 0.1) is 0 Å². The standard InChI is InChI=1S/C9H8O5S/c10-7(9(11)12)8(15(13)14)6-4-2-1-3-5-6/h1-5,8H,(H,11,12)(H,13,14)/p-1. The number of hydrogen-bond donors (Lipinski definition) is 1. The van der Waals surface area contributed by atoms with Gasteiger partial charge in [-0.05, 0) is 16.6 Å². The smallest absolute Gasteiger partial charge is 0.373 e. The Morgan fingerprint density at radius 1 is 1.27 bits per heavy atom. The minimum atomic E-state index is -2.79. The van der Waals surface area contributed by atoms with E-state index in [1.54, 1.807) is 6.07 Å². The summed E-state index contributed by atoms with van der Waals surface area (Å²) < 4.78 is 21.5. The Morgan fingerprint density at radius 2 is 1.80 bits per heavy atom. The van der Waals surface area contributed by atoms with E-state index >= 15 is 0 Å². The van der Waals surface area contributed by atoms with Gasteiger partial charge in [-0.25, -0.2) is 4.79 Å². The molecule has 0 radical (unpaired) electrons. The molecule has 1 rings (SSSR count). The number of carbonyl (C=O) groups is 2. The van der Waals surface area contributed by atoms with Crippen molar-refractivity contribution in [3.63, 3.8) is 0 Å². The molecule has 0 aliphatic rings. The second kappa shape index (κ2) is 4.81. The third kappa shape index (κ3) is 2.71. The van der Waals surface area contributed by atoms with Crippen molar-refractivity contribution in [1.29, 1.82) is 0 Å². The van der Waals surface area contributed by atoms with Gasteiger partial charge in [0.15, 0.2) is 0 Å². The van der Waals surface area contributed by atoms with Crippen molar-refractivity contribution < 1.29 is 23.5 Å². The van der Waals surface area contributed by atoms with Gasteiger partial charge in [-0.3, -0.25) is 9.00 Å². The summed E-state index contributed by atoms with van der Waals surface area (Å²) >= 11 is -2.79. The maximum atomic E-state index is 11.1. The Morgan fingerprint density at radius 3 is 2.20 bits per heavy atom. The number of carboxylic acids is 1. The fraction of sp³-hybridized carbons (Fsp3) is 0.111. The largest absolute Gasteiger partial charge is 0.772 e. The van der Waals surface area contributed by atoms with E-state index in [0.717, 1.165) is 0 Å². The summed E-state index contributed by atoms with van der Waals surface area (Å²) in [5.41, 5.74) is 0.151. The Labute approximate surface area is 88.0 Å². The lowest BCUT2D eigenvalue weighted by Gasteiger charge is -2.16. The quantitative estimate of drug-likeness (QED) is 0.588. The summed E-state index contributed by atoms with van der Waals surface area (Å²) in [6, 6.07) is 7.48. The van der Waals surface area contributed by atoms with E-state index in [1.807, 2.05) is 0 Å². The molecular weight excluding hydrogens is 220 g/mol. The number of ketones is 1. The van der Waals surface area contributed by atoms with Gasteiger partial charge in [0.05, 0.1) is 0 Å². The molecule has 2 atom stereocenters. The highest BCUT2D eigenvalue weighted by molar-refractivity contribution is 7.80. The number of carbonyl (C=O) groups excluding carboxylic acids is 1. The van der Waals surface area contributed by atoms with Crippen LogP contribution < -0.4 is 0 Å². The average Bonchev–Trinajstić information content (AvgIpc) is 2.18. The molecule has 0 aliphatic heterocycles. The highest BCUT2D eigenvalue weighted by Gasteiger charge is 2.27. The monoisotopic (exact) mass is 227 g/mol. The van der Waals surface area contributed by atoms with Gasteiger partial charge in [-0.15, -0.1) is 0 Å². The van der Waals surface area contributed by atoms with Crippen molar-refractivity contribution >= 4 is 22.8 Å². The second-order valence-corrected chi connectivity index (χ2v) is 3.71. The lowest BCUT2D eigenvalue weighted by atomic mass is 10.1. The highest BCUT2D eigenvalue weighted by atomic mass is 32.2. The maximum absolute atomic E-state index is 11.1. The third-order valence-electron chi connectivity index (χ3n) is 1.74. The van der Waals surface area contributed by atoms with Crippen LogP contribution in [0.15, 0.2) is 30.3 Å². The molecule has 0 saturated heterocycles. The predicted molar refractivity (Wildman–Crippen MR) is 50.7 cm³/mol.